The van der Waals surface area contributed by atoms with Gasteiger partial charge < -0.3 is 25.2 Å². The lowest BCUT2D eigenvalue weighted by atomic mass is 9.77. The first-order valence-corrected chi connectivity index (χ1v) is 13.4. The largest absolute Gasteiger partial charge is 0.493 e. The van der Waals surface area contributed by atoms with E-state index in [1.165, 1.54) is 13.8 Å². The van der Waals surface area contributed by atoms with Crippen molar-refractivity contribution in [3.63, 3.8) is 0 Å². The molecule has 4 rings (SSSR count). The smallest absolute Gasteiger partial charge is 0.253 e. The van der Waals surface area contributed by atoms with Crippen molar-refractivity contribution in [3.05, 3.63) is 59.7 Å². The summed E-state index contributed by atoms with van der Waals surface area (Å²) in [5.74, 6) is 0.0687. The maximum Gasteiger partial charge on any atom is 0.253 e. The van der Waals surface area contributed by atoms with Gasteiger partial charge in [0.1, 0.15) is 5.75 Å². The average Bonchev–Trinajstić information content (AvgIpc) is 3.32. The molecule has 39 heavy (non-hydrogen) atoms. The topological polar surface area (TPSA) is 108 Å². The number of anilines is 2. The molecule has 206 valence electrons. The molecule has 2 heterocycles. The van der Waals surface area contributed by atoms with Crippen molar-refractivity contribution in [1.29, 1.82) is 0 Å². The minimum absolute atomic E-state index is 0.00564. The highest BCUT2D eigenvalue weighted by Gasteiger charge is 2.42. The first kappa shape index (κ1) is 27.9. The third kappa shape index (κ3) is 6.85. The van der Waals surface area contributed by atoms with Crippen LogP contribution in [0.4, 0.5) is 11.4 Å². The summed E-state index contributed by atoms with van der Waals surface area (Å²) in [4.78, 5) is 53.1. The molecule has 2 aromatic carbocycles. The van der Waals surface area contributed by atoms with E-state index in [1.807, 2.05) is 41.0 Å². The summed E-state index contributed by atoms with van der Waals surface area (Å²) in [6.07, 6.45) is 5.98. The van der Waals surface area contributed by atoms with Gasteiger partial charge >= 0.3 is 0 Å². The first-order valence-electron chi connectivity index (χ1n) is 13.4. The molecular formula is C30H36N4O5. The highest BCUT2D eigenvalue weighted by Crippen LogP contribution is 2.41. The number of rotatable bonds is 7. The Morgan fingerprint density at radius 1 is 0.897 bits per heavy atom. The molecule has 0 unspecified atom stereocenters. The molecule has 1 spiro atoms. The summed E-state index contributed by atoms with van der Waals surface area (Å²) in [6.45, 7) is 7.83. The number of nitrogens with one attached hydrogen (secondary N) is 2. The highest BCUT2D eigenvalue weighted by atomic mass is 16.5. The molecule has 0 radical (unpaired) electrons. The van der Waals surface area contributed by atoms with Crippen molar-refractivity contribution >= 4 is 41.1 Å². The number of hydrogen-bond acceptors (Lipinski definition) is 5. The average molecular weight is 533 g/mol. The van der Waals surface area contributed by atoms with E-state index in [1.54, 1.807) is 30.4 Å². The Balaban J connectivity index is 1.36. The molecule has 0 saturated carbocycles. The van der Waals surface area contributed by atoms with Crippen molar-refractivity contribution in [2.75, 3.05) is 43.4 Å². The number of nitrogens with zero attached hydrogens (tertiary/aromatic N) is 2. The van der Waals surface area contributed by atoms with E-state index in [0.29, 0.717) is 49.7 Å². The molecule has 2 aliphatic heterocycles. The number of likely N-dealkylation sites (tertiary alicyclic amines) is 2. The Labute approximate surface area is 229 Å². The summed E-state index contributed by atoms with van der Waals surface area (Å²) in [6, 6.07) is 12.6. The van der Waals surface area contributed by atoms with Gasteiger partial charge in [-0.05, 0) is 61.9 Å². The third-order valence-corrected chi connectivity index (χ3v) is 7.37. The van der Waals surface area contributed by atoms with Gasteiger partial charge in [0.05, 0.1) is 18.0 Å². The molecule has 0 aliphatic carbocycles. The molecule has 2 aromatic rings. The summed E-state index contributed by atoms with van der Waals surface area (Å²) in [7, 11) is 0. The van der Waals surface area contributed by atoms with Crippen molar-refractivity contribution in [2.45, 2.75) is 40.0 Å². The molecule has 0 aromatic heterocycles. The zero-order valence-corrected chi connectivity index (χ0v) is 22.8. The normalized spacial score (nSPS) is 16.4. The second-order valence-electron chi connectivity index (χ2n) is 10.2. The standard InChI is InChI=1S/C30H36N4O5/c1-4-39-27-8-6-5-7-23(27)10-12-28(37)33-16-13-30(14-17-33)15-18-34(20-30)29(38)24-9-11-25(31-21(2)35)26(19-24)32-22(3)36/h5-12,19H,4,13-18,20H2,1-3H3,(H,31,35)(H,32,36)/b12-10+. The summed E-state index contributed by atoms with van der Waals surface area (Å²) < 4.78 is 5.64. The molecule has 2 saturated heterocycles. The van der Waals surface area contributed by atoms with Gasteiger partial charge in [-0.25, -0.2) is 0 Å². The zero-order chi connectivity index (χ0) is 28.0. The number of piperidine rings is 1. The van der Waals surface area contributed by atoms with Crippen molar-refractivity contribution in [3.8, 4) is 5.75 Å². The second kappa shape index (κ2) is 12.1. The van der Waals surface area contributed by atoms with Gasteiger partial charge in [0, 0.05) is 57.2 Å². The lowest BCUT2D eigenvalue weighted by Gasteiger charge is -2.39. The van der Waals surface area contributed by atoms with Gasteiger partial charge in [-0.3, -0.25) is 19.2 Å². The van der Waals surface area contributed by atoms with E-state index in [-0.39, 0.29) is 29.0 Å². The quantitative estimate of drug-likeness (QED) is 0.521. The number of carbonyl (C=O) groups excluding carboxylic acids is 4. The fraction of sp³-hybridized carbons (Fsp3) is 0.400. The van der Waals surface area contributed by atoms with Gasteiger partial charge in [-0.15, -0.1) is 0 Å². The molecule has 4 amide bonds. The Morgan fingerprint density at radius 3 is 2.21 bits per heavy atom. The molecule has 2 aliphatic rings. The Kier molecular flexibility index (Phi) is 8.69. The highest BCUT2D eigenvalue weighted by molar-refractivity contribution is 6.02. The Bertz CT molecular complexity index is 1280. The Hall–Kier alpha value is -4.14. The summed E-state index contributed by atoms with van der Waals surface area (Å²) in [5.41, 5.74) is 2.16. The Morgan fingerprint density at radius 2 is 1.54 bits per heavy atom. The van der Waals surface area contributed by atoms with Crippen molar-refractivity contribution in [2.24, 2.45) is 5.41 Å². The van der Waals surface area contributed by atoms with Crippen LogP contribution in [-0.2, 0) is 14.4 Å². The third-order valence-electron chi connectivity index (χ3n) is 7.37. The molecule has 9 nitrogen and oxygen atoms in total. The van der Waals surface area contributed by atoms with Gasteiger partial charge in [0.15, 0.2) is 0 Å². The maximum atomic E-state index is 13.4. The molecule has 2 fully saturated rings. The van der Waals surface area contributed by atoms with Crippen LogP contribution in [0.1, 0.15) is 56.0 Å². The zero-order valence-electron chi connectivity index (χ0n) is 22.8. The van der Waals surface area contributed by atoms with Crippen LogP contribution in [-0.4, -0.2) is 66.2 Å². The minimum atomic E-state index is -0.291. The number of hydrogen-bond donors (Lipinski definition) is 2. The van der Waals surface area contributed by atoms with Crippen LogP contribution < -0.4 is 15.4 Å². The van der Waals surface area contributed by atoms with Crippen LogP contribution in [0.25, 0.3) is 6.08 Å². The molecule has 9 heteroatoms. The summed E-state index contributed by atoms with van der Waals surface area (Å²) >= 11 is 0. The van der Waals surface area contributed by atoms with E-state index < -0.39 is 0 Å². The van der Waals surface area contributed by atoms with Gasteiger partial charge in [0.2, 0.25) is 17.7 Å². The van der Waals surface area contributed by atoms with Crippen LogP contribution in [0.15, 0.2) is 48.5 Å². The lowest BCUT2D eigenvalue weighted by Crippen LogP contribution is -2.44. The molecule has 0 bridgehead atoms. The first-order chi connectivity index (χ1) is 18.7. The SMILES string of the molecule is CCOc1ccccc1/C=C/C(=O)N1CCC2(CC1)CCN(C(=O)c1ccc(NC(C)=O)c(NC(C)=O)c1)C2. The van der Waals surface area contributed by atoms with Crippen LogP contribution in [0, 0.1) is 5.41 Å². The number of carbonyl (C=O) groups is 4. The lowest BCUT2D eigenvalue weighted by molar-refractivity contribution is -0.128. The van der Waals surface area contributed by atoms with Gasteiger partial charge in [-0.1, -0.05) is 18.2 Å². The fourth-order valence-corrected chi connectivity index (χ4v) is 5.34. The van der Waals surface area contributed by atoms with Crippen LogP contribution in [0.5, 0.6) is 5.75 Å². The maximum absolute atomic E-state index is 13.4. The van der Waals surface area contributed by atoms with Gasteiger partial charge in [-0.2, -0.15) is 0 Å². The number of para-hydroxylation sites is 1. The van der Waals surface area contributed by atoms with E-state index in [2.05, 4.69) is 10.6 Å². The predicted octanol–water partition coefficient (Wildman–Crippen LogP) is 4.17. The van der Waals surface area contributed by atoms with E-state index in [0.717, 1.165) is 30.6 Å². The van der Waals surface area contributed by atoms with Crippen molar-refractivity contribution < 1.29 is 23.9 Å². The number of benzene rings is 2. The van der Waals surface area contributed by atoms with E-state index >= 15 is 0 Å². The van der Waals surface area contributed by atoms with Crippen LogP contribution in [0.3, 0.4) is 0 Å². The fourth-order valence-electron chi connectivity index (χ4n) is 5.34. The van der Waals surface area contributed by atoms with Crippen LogP contribution >= 0.6 is 0 Å². The second-order valence-corrected chi connectivity index (χ2v) is 10.2. The van der Waals surface area contributed by atoms with E-state index in [9.17, 15) is 19.2 Å². The van der Waals surface area contributed by atoms with Crippen molar-refractivity contribution in [1.82, 2.24) is 9.80 Å². The molecule has 2 N–H and O–H groups in total. The summed E-state index contributed by atoms with van der Waals surface area (Å²) in [5, 5.41) is 5.37. The molecule has 0 atom stereocenters. The number of ether oxygens (including phenoxy) is 1. The van der Waals surface area contributed by atoms with E-state index in [4.69, 9.17) is 4.74 Å². The monoisotopic (exact) mass is 532 g/mol. The minimum Gasteiger partial charge on any atom is -0.493 e. The number of amides is 4. The van der Waals surface area contributed by atoms with Gasteiger partial charge in [0.25, 0.3) is 5.91 Å². The predicted molar refractivity (Wildman–Crippen MR) is 150 cm³/mol. The van der Waals surface area contributed by atoms with Crippen LogP contribution in [0.2, 0.25) is 0 Å². The molecular weight excluding hydrogens is 496 g/mol.